The van der Waals surface area contributed by atoms with E-state index in [0.29, 0.717) is 24.4 Å². The van der Waals surface area contributed by atoms with Gasteiger partial charge in [0.1, 0.15) is 0 Å². The summed E-state index contributed by atoms with van der Waals surface area (Å²) in [7, 11) is 0. The SMILES string of the molecule is CC1OC1CCC(N)C1OC1C. The fourth-order valence-electron chi connectivity index (χ4n) is 1.71. The normalized spacial score (nSPS) is 47.2. The van der Waals surface area contributed by atoms with Gasteiger partial charge in [-0.05, 0) is 26.7 Å². The molecule has 2 N–H and O–H groups in total. The van der Waals surface area contributed by atoms with Gasteiger partial charge in [0.2, 0.25) is 0 Å². The average Bonchev–Trinajstić information content (AvgIpc) is 2.87. The van der Waals surface area contributed by atoms with Gasteiger partial charge in [0.15, 0.2) is 0 Å². The average molecular weight is 171 g/mol. The van der Waals surface area contributed by atoms with Crippen LogP contribution in [0.15, 0.2) is 0 Å². The summed E-state index contributed by atoms with van der Waals surface area (Å²) in [6.45, 7) is 4.17. The number of ether oxygens (including phenoxy) is 2. The highest BCUT2D eigenvalue weighted by atomic mass is 16.6. The zero-order valence-electron chi connectivity index (χ0n) is 7.69. The van der Waals surface area contributed by atoms with Crippen molar-refractivity contribution in [1.82, 2.24) is 0 Å². The lowest BCUT2D eigenvalue weighted by molar-refractivity contribution is 0.328. The predicted octanol–water partition coefficient (Wildman–Crippen LogP) is 0.668. The van der Waals surface area contributed by atoms with Gasteiger partial charge >= 0.3 is 0 Å². The standard InChI is InChI=1S/C9H17NO2/c1-5-8(11-5)4-3-7(10)9-6(2)12-9/h5-9H,3-4,10H2,1-2H3. The van der Waals surface area contributed by atoms with Crippen LogP contribution in [0.2, 0.25) is 0 Å². The molecular formula is C9H17NO2. The minimum absolute atomic E-state index is 0.219. The third kappa shape index (κ3) is 1.79. The third-order valence-electron chi connectivity index (χ3n) is 2.80. The molecule has 0 amide bonds. The van der Waals surface area contributed by atoms with Gasteiger partial charge in [0, 0.05) is 6.04 Å². The fourth-order valence-corrected chi connectivity index (χ4v) is 1.71. The summed E-state index contributed by atoms with van der Waals surface area (Å²) >= 11 is 0. The molecule has 5 atom stereocenters. The second-order valence-corrected chi connectivity index (χ2v) is 3.93. The molecule has 3 nitrogen and oxygen atoms in total. The highest BCUT2D eigenvalue weighted by molar-refractivity contribution is 4.91. The first-order valence-electron chi connectivity index (χ1n) is 4.75. The molecular weight excluding hydrogens is 154 g/mol. The van der Waals surface area contributed by atoms with Crippen molar-refractivity contribution in [2.75, 3.05) is 0 Å². The van der Waals surface area contributed by atoms with E-state index in [1.807, 2.05) is 0 Å². The van der Waals surface area contributed by atoms with E-state index in [0.717, 1.165) is 12.8 Å². The van der Waals surface area contributed by atoms with Crippen LogP contribution in [0.3, 0.4) is 0 Å². The van der Waals surface area contributed by atoms with Crippen LogP contribution in [0, 0.1) is 0 Å². The number of epoxide rings is 2. The topological polar surface area (TPSA) is 51.1 Å². The van der Waals surface area contributed by atoms with Gasteiger partial charge in [-0.2, -0.15) is 0 Å². The highest BCUT2D eigenvalue weighted by Gasteiger charge is 2.41. The first-order chi connectivity index (χ1) is 5.68. The van der Waals surface area contributed by atoms with Gasteiger partial charge in [-0.3, -0.25) is 0 Å². The Morgan fingerprint density at radius 1 is 1.25 bits per heavy atom. The van der Waals surface area contributed by atoms with Crippen molar-refractivity contribution in [3.05, 3.63) is 0 Å². The van der Waals surface area contributed by atoms with Crippen molar-refractivity contribution >= 4 is 0 Å². The Balaban J connectivity index is 1.60. The molecule has 0 aromatic rings. The van der Waals surface area contributed by atoms with Crippen molar-refractivity contribution in [2.24, 2.45) is 5.73 Å². The Bertz CT molecular complexity index is 174. The van der Waals surface area contributed by atoms with E-state index in [1.165, 1.54) is 0 Å². The smallest absolute Gasteiger partial charge is 0.0989 e. The van der Waals surface area contributed by atoms with Crippen LogP contribution in [0.4, 0.5) is 0 Å². The van der Waals surface area contributed by atoms with Crippen molar-refractivity contribution in [3.8, 4) is 0 Å². The van der Waals surface area contributed by atoms with E-state index in [9.17, 15) is 0 Å². The summed E-state index contributed by atoms with van der Waals surface area (Å²) in [5.41, 5.74) is 5.91. The van der Waals surface area contributed by atoms with Crippen LogP contribution >= 0.6 is 0 Å². The van der Waals surface area contributed by atoms with Crippen LogP contribution in [0.1, 0.15) is 26.7 Å². The first-order valence-corrected chi connectivity index (χ1v) is 4.75. The van der Waals surface area contributed by atoms with Crippen molar-refractivity contribution < 1.29 is 9.47 Å². The summed E-state index contributed by atoms with van der Waals surface area (Å²) in [6, 6.07) is 0.219. The lowest BCUT2D eigenvalue weighted by Crippen LogP contribution is -2.28. The summed E-state index contributed by atoms with van der Waals surface area (Å²) in [4.78, 5) is 0. The van der Waals surface area contributed by atoms with Crippen LogP contribution < -0.4 is 5.73 Å². The molecule has 0 aliphatic carbocycles. The maximum Gasteiger partial charge on any atom is 0.0989 e. The molecule has 5 unspecified atom stereocenters. The minimum atomic E-state index is 0.219. The Morgan fingerprint density at radius 3 is 2.25 bits per heavy atom. The van der Waals surface area contributed by atoms with Gasteiger partial charge < -0.3 is 15.2 Å². The summed E-state index contributed by atoms with van der Waals surface area (Å²) < 4.78 is 10.6. The summed E-state index contributed by atoms with van der Waals surface area (Å²) in [5.74, 6) is 0. The number of hydrogen-bond donors (Lipinski definition) is 1. The Kier molecular flexibility index (Phi) is 2.10. The molecule has 2 saturated heterocycles. The molecule has 2 aliphatic rings. The molecule has 0 aromatic heterocycles. The Labute approximate surface area is 73.2 Å². The highest BCUT2D eigenvalue weighted by Crippen LogP contribution is 2.30. The van der Waals surface area contributed by atoms with Crippen LogP contribution in [0.25, 0.3) is 0 Å². The van der Waals surface area contributed by atoms with Crippen LogP contribution in [0.5, 0.6) is 0 Å². The molecule has 2 heterocycles. The first kappa shape index (κ1) is 8.48. The van der Waals surface area contributed by atoms with Crippen molar-refractivity contribution in [3.63, 3.8) is 0 Å². The summed E-state index contributed by atoms with van der Waals surface area (Å²) in [5, 5.41) is 0. The molecule has 2 fully saturated rings. The molecule has 0 saturated carbocycles. The second-order valence-electron chi connectivity index (χ2n) is 3.93. The third-order valence-corrected chi connectivity index (χ3v) is 2.80. The number of rotatable bonds is 4. The number of hydrogen-bond acceptors (Lipinski definition) is 3. The lowest BCUT2D eigenvalue weighted by Gasteiger charge is -2.05. The molecule has 2 rings (SSSR count). The zero-order chi connectivity index (χ0) is 8.72. The van der Waals surface area contributed by atoms with Crippen LogP contribution in [-0.2, 0) is 9.47 Å². The minimum Gasteiger partial charge on any atom is -0.370 e. The molecule has 0 bridgehead atoms. The lowest BCUT2D eigenvalue weighted by atomic mass is 10.1. The van der Waals surface area contributed by atoms with E-state index >= 15 is 0 Å². The van der Waals surface area contributed by atoms with Crippen molar-refractivity contribution in [2.45, 2.75) is 57.1 Å². The van der Waals surface area contributed by atoms with Crippen LogP contribution in [-0.4, -0.2) is 30.5 Å². The molecule has 70 valence electrons. The molecule has 3 heteroatoms. The van der Waals surface area contributed by atoms with Crippen molar-refractivity contribution in [1.29, 1.82) is 0 Å². The quantitative estimate of drug-likeness (QED) is 0.632. The zero-order valence-corrected chi connectivity index (χ0v) is 7.69. The largest absolute Gasteiger partial charge is 0.370 e. The van der Waals surface area contributed by atoms with E-state index in [1.54, 1.807) is 0 Å². The van der Waals surface area contributed by atoms with E-state index in [2.05, 4.69) is 13.8 Å². The molecule has 0 spiro atoms. The molecule has 0 aromatic carbocycles. The van der Waals surface area contributed by atoms with E-state index in [4.69, 9.17) is 15.2 Å². The van der Waals surface area contributed by atoms with E-state index in [-0.39, 0.29) is 6.04 Å². The molecule has 0 radical (unpaired) electrons. The number of nitrogens with two attached hydrogens (primary N) is 1. The fraction of sp³-hybridized carbons (Fsp3) is 1.00. The maximum atomic E-state index is 5.91. The van der Waals surface area contributed by atoms with Gasteiger partial charge in [0.25, 0.3) is 0 Å². The molecule has 2 aliphatic heterocycles. The second kappa shape index (κ2) is 2.98. The molecule has 12 heavy (non-hydrogen) atoms. The Morgan fingerprint density at radius 2 is 1.83 bits per heavy atom. The predicted molar refractivity (Wildman–Crippen MR) is 45.9 cm³/mol. The van der Waals surface area contributed by atoms with E-state index < -0.39 is 0 Å². The maximum absolute atomic E-state index is 5.91. The monoisotopic (exact) mass is 171 g/mol. The summed E-state index contributed by atoms with van der Waals surface area (Å²) in [6.07, 6.45) is 3.77. The van der Waals surface area contributed by atoms with Gasteiger partial charge in [-0.15, -0.1) is 0 Å². The van der Waals surface area contributed by atoms with Gasteiger partial charge in [0.05, 0.1) is 24.4 Å². The van der Waals surface area contributed by atoms with Gasteiger partial charge in [-0.1, -0.05) is 0 Å². The van der Waals surface area contributed by atoms with Gasteiger partial charge in [-0.25, -0.2) is 0 Å². The Hall–Kier alpha value is -0.120.